The van der Waals surface area contributed by atoms with Gasteiger partial charge in [-0.1, -0.05) is 6.92 Å². The molecule has 1 aromatic carbocycles. The Morgan fingerprint density at radius 1 is 1.50 bits per heavy atom. The molecule has 0 aliphatic rings. The number of carbonyl (C=O) groups excluding carboxylic acids is 1. The van der Waals surface area contributed by atoms with Crippen molar-refractivity contribution in [2.75, 3.05) is 19.0 Å². The van der Waals surface area contributed by atoms with Crippen LogP contribution in [-0.4, -0.2) is 24.4 Å². The number of hydrazine groups is 1. The molecule has 0 unspecified atom stereocenters. The Hall–Kier alpha value is -1.55. The van der Waals surface area contributed by atoms with E-state index in [-0.39, 0.29) is 5.91 Å². The van der Waals surface area contributed by atoms with Crippen molar-refractivity contribution < 1.29 is 4.79 Å². The molecule has 4 heteroatoms. The van der Waals surface area contributed by atoms with Gasteiger partial charge in [-0.15, -0.1) is 0 Å². The van der Waals surface area contributed by atoms with Crippen LogP contribution in [-0.2, 0) is 0 Å². The monoisotopic (exact) mass is 221 g/mol. The van der Waals surface area contributed by atoms with E-state index in [4.69, 9.17) is 5.84 Å². The highest BCUT2D eigenvalue weighted by molar-refractivity contribution is 5.95. The van der Waals surface area contributed by atoms with Crippen LogP contribution >= 0.6 is 0 Å². The second-order valence-electron chi connectivity index (χ2n) is 3.90. The van der Waals surface area contributed by atoms with Crippen LogP contribution in [0.5, 0.6) is 0 Å². The molecule has 1 amide bonds. The molecular weight excluding hydrogens is 202 g/mol. The van der Waals surface area contributed by atoms with E-state index in [0.29, 0.717) is 0 Å². The summed E-state index contributed by atoms with van der Waals surface area (Å²) in [6.07, 6.45) is 0.962. The summed E-state index contributed by atoms with van der Waals surface area (Å²) >= 11 is 0. The Bertz CT molecular complexity index is 377. The van der Waals surface area contributed by atoms with Crippen LogP contribution in [0.25, 0.3) is 0 Å². The van der Waals surface area contributed by atoms with Crippen molar-refractivity contribution in [3.8, 4) is 0 Å². The number of nitrogens with two attached hydrogens (primary N) is 1. The number of nitrogens with zero attached hydrogens (tertiary/aromatic N) is 1. The average molecular weight is 221 g/mol. The fourth-order valence-electron chi connectivity index (χ4n) is 1.64. The molecule has 1 aromatic rings. The summed E-state index contributed by atoms with van der Waals surface area (Å²) in [5, 5.41) is 0. The molecule has 0 radical (unpaired) electrons. The van der Waals surface area contributed by atoms with Gasteiger partial charge in [0.1, 0.15) is 0 Å². The summed E-state index contributed by atoms with van der Waals surface area (Å²) in [4.78, 5) is 13.8. The lowest BCUT2D eigenvalue weighted by molar-refractivity contribution is 0.0794. The Morgan fingerprint density at radius 2 is 2.19 bits per heavy atom. The smallest absolute Gasteiger partial charge is 0.253 e. The van der Waals surface area contributed by atoms with Crippen molar-refractivity contribution in [2.45, 2.75) is 20.3 Å². The molecule has 1 rings (SSSR count). The number of carbonyl (C=O) groups is 1. The number of hydrogen-bond donors (Lipinski definition) is 2. The van der Waals surface area contributed by atoms with Gasteiger partial charge >= 0.3 is 0 Å². The molecule has 0 spiro atoms. The van der Waals surface area contributed by atoms with Gasteiger partial charge in [-0.3, -0.25) is 10.6 Å². The zero-order valence-electron chi connectivity index (χ0n) is 10.1. The number of aryl methyl sites for hydroxylation is 1. The van der Waals surface area contributed by atoms with Crippen LogP contribution in [0.15, 0.2) is 18.2 Å². The first-order chi connectivity index (χ1) is 7.60. The third-order valence-electron chi connectivity index (χ3n) is 2.53. The number of benzene rings is 1. The number of anilines is 1. The first-order valence-corrected chi connectivity index (χ1v) is 5.42. The van der Waals surface area contributed by atoms with E-state index in [1.807, 2.05) is 20.0 Å². The van der Waals surface area contributed by atoms with Crippen LogP contribution in [0.3, 0.4) is 0 Å². The average Bonchev–Trinajstić information content (AvgIpc) is 2.28. The molecule has 0 saturated carbocycles. The normalized spacial score (nSPS) is 10.0. The molecule has 0 heterocycles. The van der Waals surface area contributed by atoms with Gasteiger partial charge in [0, 0.05) is 24.8 Å². The van der Waals surface area contributed by atoms with E-state index in [2.05, 4.69) is 12.3 Å². The topological polar surface area (TPSA) is 58.4 Å². The summed E-state index contributed by atoms with van der Waals surface area (Å²) in [5.74, 6) is 5.37. The number of rotatable bonds is 4. The van der Waals surface area contributed by atoms with Gasteiger partial charge in [0.2, 0.25) is 0 Å². The second kappa shape index (κ2) is 5.51. The zero-order chi connectivity index (χ0) is 12.1. The maximum absolute atomic E-state index is 12.0. The zero-order valence-corrected chi connectivity index (χ0v) is 10.1. The standard InChI is InChI=1S/C12H19N3O/c1-4-7-15(3)12(16)11-6-5-10(14-13)8-9(11)2/h5-6,8,14H,4,7,13H2,1-3H3. The van der Waals surface area contributed by atoms with Gasteiger partial charge in [0.15, 0.2) is 0 Å². The van der Waals surface area contributed by atoms with Crippen molar-refractivity contribution >= 4 is 11.6 Å². The number of nitrogens with one attached hydrogen (secondary N) is 1. The Kier molecular flexibility index (Phi) is 4.31. The minimum absolute atomic E-state index is 0.0583. The van der Waals surface area contributed by atoms with E-state index in [0.717, 1.165) is 29.8 Å². The van der Waals surface area contributed by atoms with Gasteiger partial charge in [-0.05, 0) is 37.1 Å². The number of amides is 1. The molecule has 16 heavy (non-hydrogen) atoms. The molecule has 0 aliphatic heterocycles. The third kappa shape index (κ3) is 2.73. The number of hydrogen-bond acceptors (Lipinski definition) is 3. The summed E-state index contributed by atoms with van der Waals surface area (Å²) in [7, 11) is 1.82. The van der Waals surface area contributed by atoms with Gasteiger partial charge in [0.05, 0.1) is 0 Å². The van der Waals surface area contributed by atoms with Crippen molar-refractivity contribution in [2.24, 2.45) is 5.84 Å². The molecule has 4 nitrogen and oxygen atoms in total. The largest absolute Gasteiger partial charge is 0.342 e. The molecule has 0 saturated heterocycles. The van der Waals surface area contributed by atoms with Gasteiger partial charge in [0.25, 0.3) is 5.91 Å². The predicted molar refractivity (Wildman–Crippen MR) is 66.2 cm³/mol. The molecular formula is C12H19N3O. The molecule has 0 fully saturated rings. The fourth-order valence-corrected chi connectivity index (χ4v) is 1.64. The maximum Gasteiger partial charge on any atom is 0.253 e. The van der Waals surface area contributed by atoms with Crippen LogP contribution in [0.1, 0.15) is 29.3 Å². The van der Waals surface area contributed by atoms with Crippen LogP contribution in [0.2, 0.25) is 0 Å². The fraction of sp³-hybridized carbons (Fsp3) is 0.417. The van der Waals surface area contributed by atoms with Crippen LogP contribution in [0.4, 0.5) is 5.69 Å². The van der Waals surface area contributed by atoms with Crippen molar-refractivity contribution in [1.29, 1.82) is 0 Å². The van der Waals surface area contributed by atoms with Crippen molar-refractivity contribution in [3.63, 3.8) is 0 Å². The highest BCUT2D eigenvalue weighted by atomic mass is 16.2. The highest BCUT2D eigenvalue weighted by Crippen LogP contribution is 2.15. The minimum Gasteiger partial charge on any atom is -0.342 e. The summed E-state index contributed by atoms with van der Waals surface area (Å²) < 4.78 is 0. The van der Waals surface area contributed by atoms with Gasteiger partial charge in [-0.25, -0.2) is 0 Å². The Morgan fingerprint density at radius 3 is 2.69 bits per heavy atom. The predicted octanol–water partition coefficient (Wildman–Crippen LogP) is 1.76. The molecule has 0 bridgehead atoms. The highest BCUT2D eigenvalue weighted by Gasteiger charge is 2.13. The lowest BCUT2D eigenvalue weighted by Crippen LogP contribution is -2.28. The molecule has 0 atom stereocenters. The second-order valence-corrected chi connectivity index (χ2v) is 3.90. The van der Waals surface area contributed by atoms with Gasteiger partial charge < -0.3 is 10.3 Å². The SMILES string of the molecule is CCCN(C)C(=O)c1ccc(NN)cc1C. The summed E-state index contributed by atoms with van der Waals surface area (Å²) in [6.45, 7) is 4.74. The molecule has 0 aromatic heterocycles. The summed E-state index contributed by atoms with van der Waals surface area (Å²) in [6, 6.07) is 5.48. The molecule has 3 N–H and O–H groups in total. The van der Waals surface area contributed by atoms with Crippen molar-refractivity contribution in [3.05, 3.63) is 29.3 Å². The first kappa shape index (κ1) is 12.5. The quantitative estimate of drug-likeness (QED) is 0.601. The Labute approximate surface area is 96.4 Å². The van der Waals surface area contributed by atoms with E-state index >= 15 is 0 Å². The lowest BCUT2D eigenvalue weighted by atomic mass is 10.1. The van der Waals surface area contributed by atoms with Crippen LogP contribution in [0, 0.1) is 6.92 Å². The maximum atomic E-state index is 12.0. The minimum atomic E-state index is 0.0583. The van der Waals surface area contributed by atoms with E-state index in [1.54, 1.807) is 17.0 Å². The Balaban J connectivity index is 2.91. The van der Waals surface area contributed by atoms with Crippen LogP contribution < -0.4 is 11.3 Å². The van der Waals surface area contributed by atoms with Crippen molar-refractivity contribution in [1.82, 2.24) is 4.90 Å². The van der Waals surface area contributed by atoms with E-state index < -0.39 is 0 Å². The van der Waals surface area contributed by atoms with E-state index in [1.165, 1.54) is 0 Å². The third-order valence-corrected chi connectivity index (χ3v) is 2.53. The molecule has 88 valence electrons. The lowest BCUT2D eigenvalue weighted by Gasteiger charge is -2.17. The first-order valence-electron chi connectivity index (χ1n) is 5.42. The number of nitrogen functional groups attached to an aromatic ring is 1. The molecule has 0 aliphatic carbocycles. The summed E-state index contributed by atoms with van der Waals surface area (Å²) in [5.41, 5.74) is 5.04. The van der Waals surface area contributed by atoms with E-state index in [9.17, 15) is 4.79 Å². The van der Waals surface area contributed by atoms with Gasteiger partial charge in [-0.2, -0.15) is 0 Å².